The van der Waals surface area contributed by atoms with Crippen molar-refractivity contribution >= 4 is 29.1 Å². The molecule has 0 radical (unpaired) electrons. The van der Waals surface area contributed by atoms with Gasteiger partial charge in [-0.3, -0.25) is 9.59 Å². The molecular formula is C12H8Cl2FN3O2. The first-order valence-corrected chi connectivity index (χ1v) is 6.15. The minimum atomic E-state index is -0.736. The van der Waals surface area contributed by atoms with Gasteiger partial charge in [-0.1, -0.05) is 29.3 Å². The zero-order valence-corrected chi connectivity index (χ0v) is 11.5. The van der Waals surface area contributed by atoms with Gasteiger partial charge in [0.2, 0.25) is 5.91 Å². The van der Waals surface area contributed by atoms with E-state index in [1.165, 1.54) is 18.3 Å². The molecule has 0 saturated heterocycles. The van der Waals surface area contributed by atoms with E-state index in [-0.39, 0.29) is 27.7 Å². The van der Waals surface area contributed by atoms with Crippen LogP contribution in [0.15, 0.2) is 29.2 Å². The Morgan fingerprint density at radius 3 is 2.70 bits per heavy atom. The summed E-state index contributed by atoms with van der Waals surface area (Å²) in [6.45, 7) is -0.138. The molecule has 20 heavy (non-hydrogen) atoms. The van der Waals surface area contributed by atoms with Crippen LogP contribution in [0.25, 0.3) is 0 Å². The molecule has 1 aromatic heterocycles. The molecule has 8 heteroatoms. The van der Waals surface area contributed by atoms with Gasteiger partial charge in [-0.15, -0.1) is 0 Å². The number of nitrogens with zero attached hydrogens (tertiary/aromatic N) is 2. The van der Waals surface area contributed by atoms with Crippen molar-refractivity contribution in [3.63, 3.8) is 0 Å². The quantitative estimate of drug-likeness (QED) is 0.938. The highest BCUT2D eigenvalue weighted by molar-refractivity contribution is 6.41. The second-order valence-electron chi connectivity index (χ2n) is 3.94. The number of hydrogen-bond acceptors (Lipinski definition) is 3. The number of aromatic nitrogens is 2. The maximum absolute atomic E-state index is 13.8. The lowest BCUT2D eigenvalue weighted by atomic mass is 10.1. The molecule has 0 spiro atoms. The number of halogens is 3. The van der Waals surface area contributed by atoms with Gasteiger partial charge in [-0.05, 0) is 12.1 Å². The standard InChI is InChI=1S/C12H8Cl2FN3O2/c13-8-4-17-18(12(20)10(8)14)5-7-2-1-6(11(16)19)3-9(7)15/h1-4H,5H2,(H2,16,19). The third-order valence-corrected chi connectivity index (χ3v) is 3.35. The minimum absolute atomic E-state index is 0.0254. The van der Waals surface area contributed by atoms with Crippen molar-refractivity contribution in [1.82, 2.24) is 9.78 Å². The van der Waals surface area contributed by atoms with E-state index in [4.69, 9.17) is 28.9 Å². The summed E-state index contributed by atoms with van der Waals surface area (Å²) < 4.78 is 14.8. The van der Waals surface area contributed by atoms with Crippen LogP contribution in [-0.4, -0.2) is 15.7 Å². The van der Waals surface area contributed by atoms with Crippen molar-refractivity contribution in [2.45, 2.75) is 6.54 Å². The van der Waals surface area contributed by atoms with Crippen LogP contribution >= 0.6 is 23.2 Å². The van der Waals surface area contributed by atoms with Crippen molar-refractivity contribution in [1.29, 1.82) is 0 Å². The average molecular weight is 316 g/mol. The fraction of sp³-hybridized carbons (Fsp3) is 0.0833. The molecule has 0 atom stereocenters. The van der Waals surface area contributed by atoms with Crippen molar-refractivity contribution < 1.29 is 9.18 Å². The minimum Gasteiger partial charge on any atom is -0.366 e. The van der Waals surface area contributed by atoms with E-state index in [9.17, 15) is 14.0 Å². The molecule has 2 rings (SSSR count). The highest BCUT2D eigenvalue weighted by atomic mass is 35.5. The largest absolute Gasteiger partial charge is 0.366 e. The summed E-state index contributed by atoms with van der Waals surface area (Å²) in [5, 5.41) is 3.60. The molecule has 0 saturated carbocycles. The van der Waals surface area contributed by atoms with E-state index in [2.05, 4.69) is 5.10 Å². The molecule has 0 bridgehead atoms. The van der Waals surface area contributed by atoms with Gasteiger partial charge in [0.05, 0.1) is 17.8 Å². The van der Waals surface area contributed by atoms with Gasteiger partial charge in [0.1, 0.15) is 10.8 Å². The molecule has 1 heterocycles. The van der Waals surface area contributed by atoms with Gasteiger partial charge in [-0.25, -0.2) is 9.07 Å². The summed E-state index contributed by atoms with van der Waals surface area (Å²) in [5.74, 6) is -1.40. The SMILES string of the molecule is NC(=O)c1ccc(Cn2ncc(Cl)c(Cl)c2=O)c(F)c1. The molecule has 1 aromatic carbocycles. The van der Waals surface area contributed by atoms with Gasteiger partial charge < -0.3 is 5.73 Å². The molecule has 1 amide bonds. The highest BCUT2D eigenvalue weighted by Gasteiger charge is 2.11. The summed E-state index contributed by atoms with van der Waals surface area (Å²) in [7, 11) is 0. The summed E-state index contributed by atoms with van der Waals surface area (Å²) in [5.41, 5.74) is 4.63. The van der Waals surface area contributed by atoms with Crippen LogP contribution in [0, 0.1) is 5.82 Å². The monoisotopic (exact) mass is 315 g/mol. The number of benzene rings is 1. The predicted octanol–water partition coefficient (Wildman–Crippen LogP) is 1.84. The van der Waals surface area contributed by atoms with Crippen LogP contribution in [0.3, 0.4) is 0 Å². The number of primary amides is 1. The van der Waals surface area contributed by atoms with Crippen LogP contribution in [0.4, 0.5) is 4.39 Å². The van der Waals surface area contributed by atoms with E-state index >= 15 is 0 Å². The Kier molecular flexibility index (Phi) is 4.06. The lowest BCUT2D eigenvalue weighted by Gasteiger charge is -2.07. The lowest BCUT2D eigenvalue weighted by Crippen LogP contribution is -2.24. The third kappa shape index (κ3) is 2.81. The van der Waals surface area contributed by atoms with Gasteiger partial charge in [-0.2, -0.15) is 5.10 Å². The molecule has 0 fully saturated rings. The average Bonchev–Trinajstić information content (AvgIpc) is 2.41. The Morgan fingerprint density at radius 1 is 1.40 bits per heavy atom. The van der Waals surface area contributed by atoms with Crippen molar-refractivity contribution in [2.75, 3.05) is 0 Å². The van der Waals surface area contributed by atoms with Gasteiger partial charge >= 0.3 is 0 Å². The normalized spacial score (nSPS) is 10.6. The number of rotatable bonds is 3. The van der Waals surface area contributed by atoms with E-state index < -0.39 is 17.3 Å². The molecule has 2 aromatic rings. The van der Waals surface area contributed by atoms with E-state index in [0.29, 0.717) is 0 Å². The highest BCUT2D eigenvalue weighted by Crippen LogP contribution is 2.16. The van der Waals surface area contributed by atoms with E-state index in [1.807, 2.05) is 0 Å². The maximum Gasteiger partial charge on any atom is 0.287 e. The van der Waals surface area contributed by atoms with E-state index in [0.717, 1.165) is 10.7 Å². The van der Waals surface area contributed by atoms with Crippen LogP contribution < -0.4 is 11.3 Å². The Morgan fingerprint density at radius 2 is 2.10 bits per heavy atom. The zero-order chi connectivity index (χ0) is 14.9. The van der Waals surface area contributed by atoms with Crippen LogP contribution in [-0.2, 0) is 6.54 Å². The molecule has 0 unspecified atom stereocenters. The first-order chi connectivity index (χ1) is 9.40. The molecule has 2 N–H and O–H groups in total. The summed E-state index contributed by atoms with van der Waals surface area (Å²) >= 11 is 11.3. The van der Waals surface area contributed by atoms with Gasteiger partial charge in [0.15, 0.2) is 0 Å². The first kappa shape index (κ1) is 14.5. The molecule has 104 valence electrons. The van der Waals surface area contributed by atoms with Crippen molar-refractivity contribution in [2.24, 2.45) is 5.73 Å². The summed E-state index contributed by atoms with van der Waals surface area (Å²) in [6.07, 6.45) is 1.20. The third-order valence-electron chi connectivity index (χ3n) is 2.60. The van der Waals surface area contributed by atoms with Crippen LogP contribution in [0.5, 0.6) is 0 Å². The molecular weight excluding hydrogens is 308 g/mol. The Bertz CT molecular complexity index is 746. The fourth-order valence-electron chi connectivity index (χ4n) is 1.55. The van der Waals surface area contributed by atoms with Gasteiger partial charge in [0.25, 0.3) is 5.56 Å². The number of carbonyl (C=O) groups is 1. The Hall–Kier alpha value is -1.92. The van der Waals surface area contributed by atoms with E-state index in [1.54, 1.807) is 0 Å². The zero-order valence-electron chi connectivity index (χ0n) is 9.94. The number of nitrogens with two attached hydrogens (primary N) is 1. The number of hydrogen-bond donors (Lipinski definition) is 1. The second-order valence-corrected chi connectivity index (χ2v) is 4.72. The molecule has 5 nitrogen and oxygen atoms in total. The summed E-state index contributed by atoms with van der Waals surface area (Å²) in [4.78, 5) is 22.7. The van der Waals surface area contributed by atoms with Crippen molar-refractivity contribution in [3.8, 4) is 0 Å². The first-order valence-electron chi connectivity index (χ1n) is 5.39. The number of carbonyl (C=O) groups excluding carboxylic acids is 1. The molecule has 0 aliphatic heterocycles. The smallest absolute Gasteiger partial charge is 0.287 e. The second kappa shape index (κ2) is 5.60. The number of amides is 1. The Balaban J connectivity index is 2.38. The fourth-order valence-corrected chi connectivity index (χ4v) is 1.82. The topological polar surface area (TPSA) is 78.0 Å². The molecule has 0 aliphatic carbocycles. The van der Waals surface area contributed by atoms with Gasteiger partial charge in [0, 0.05) is 11.1 Å². The summed E-state index contributed by atoms with van der Waals surface area (Å²) in [6, 6.07) is 3.72. The van der Waals surface area contributed by atoms with Crippen molar-refractivity contribution in [3.05, 3.63) is 61.7 Å². The maximum atomic E-state index is 13.8. The van der Waals surface area contributed by atoms with Crippen LogP contribution in [0.2, 0.25) is 10.0 Å². The predicted molar refractivity (Wildman–Crippen MR) is 72.5 cm³/mol. The Labute approximate surface area is 122 Å². The molecule has 0 aliphatic rings. The lowest BCUT2D eigenvalue weighted by molar-refractivity contribution is 0.1000. The van der Waals surface area contributed by atoms with Crippen LogP contribution in [0.1, 0.15) is 15.9 Å².